The molecule has 1 aromatic carbocycles. The smallest absolute Gasteiger partial charge is 0.270 e. The van der Waals surface area contributed by atoms with Gasteiger partial charge < -0.3 is 4.79 Å². The van der Waals surface area contributed by atoms with E-state index in [0.29, 0.717) is 12.0 Å². The molecule has 0 saturated heterocycles. The zero-order valence-corrected chi connectivity index (χ0v) is 7.97. The molecule has 3 heteroatoms. The molecule has 0 N–H and O–H groups in total. The Labute approximate surface area is 81.7 Å². The second-order valence-electron chi connectivity index (χ2n) is 3.25. The molecule has 0 aromatic heterocycles. The molecule has 0 fully saturated rings. The van der Waals surface area contributed by atoms with Gasteiger partial charge in [-0.2, -0.15) is 0 Å². The molecule has 0 aliphatic heterocycles. The lowest BCUT2D eigenvalue weighted by atomic mass is 9.99. The van der Waals surface area contributed by atoms with E-state index in [1.54, 1.807) is 18.2 Å². The monoisotopic (exact) mass is 198 g/mol. The summed E-state index contributed by atoms with van der Waals surface area (Å²) in [6.45, 7) is 0.868. The summed E-state index contributed by atoms with van der Waals surface area (Å²) in [7, 11) is 0. The van der Waals surface area contributed by atoms with Crippen LogP contribution in [0.1, 0.15) is 24.5 Å². The van der Waals surface area contributed by atoms with E-state index in [-0.39, 0.29) is 12.0 Å². The third kappa shape index (κ3) is 2.62. The molecular weight excluding hydrogens is 186 g/mol. The van der Waals surface area contributed by atoms with E-state index < -0.39 is 5.92 Å². The molecule has 0 aliphatic carbocycles. The van der Waals surface area contributed by atoms with Gasteiger partial charge in [0.25, 0.3) is 5.92 Å². The van der Waals surface area contributed by atoms with Gasteiger partial charge in [0.1, 0.15) is 6.29 Å². The Morgan fingerprint density at radius 1 is 1.36 bits per heavy atom. The molecule has 1 aromatic rings. The van der Waals surface area contributed by atoms with E-state index in [2.05, 4.69) is 0 Å². The second kappa shape index (κ2) is 4.31. The average Bonchev–Trinajstić information content (AvgIpc) is 2.14. The summed E-state index contributed by atoms with van der Waals surface area (Å²) in [6.07, 6.45) is 1.40. The van der Waals surface area contributed by atoms with Gasteiger partial charge in [-0.1, -0.05) is 24.3 Å². The van der Waals surface area contributed by atoms with Gasteiger partial charge in [0.15, 0.2) is 0 Å². The molecule has 76 valence electrons. The van der Waals surface area contributed by atoms with Gasteiger partial charge in [-0.25, -0.2) is 8.78 Å². The van der Waals surface area contributed by atoms with Crippen LogP contribution in [0.15, 0.2) is 24.3 Å². The Kier molecular flexibility index (Phi) is 3.33. The molecule has 0 saturated carbocycles. The zero-order chi connectivity index (χ0) is 10.6. The minimum atomic E-state index is -2.83. The van der Waals surface area contributed by atoms with E-state index in [0.717, 1.165) is 13.2 Å². The number of rotatable bonds is 4. The highest BCUT2D eigenvalue weighted by atomic mass is 19.3. The van der Waals surface area contributed by atoms with E-state index in [4.69, 9.17) is 0 Å². The lowest BCUT2D eigenvalue weighted by Crippen LogP contribution is -2.10. The Hall–Kier alpha value is -1.25. The van der Waals surface area contributed by atoms with Gasteiger partial charge >= 0.3 is 0 Å². The van der Waals surface area contributed by atoms with Crippen molar-refractivity contribution in [3.05, 3.63) is 35.4 Å². The number of carbonyl (C=O) groups excluding carboxylic acids is 1. The zero-order valence-electron chi connectivity index (χ0n) is 7.97. The quantitative estimate of drug-likeness (QED) is 0.680. The maximum absolute atomic E-state index is 13.1. The number of benzene rings is 1. The number of hydrogen-bond acceptors (Lipinski definition) is 1. The maximum Gasteiger partial charge on any atom is 0.270 e. The van der Waals surface area contributed by atoms with Crippen molar-refractivity contribution in [1.82, 2.24) is 0 Å². The van der Waals surface area contributed by atoms with Gasteiger partial charge in [0, 0.05) is 18.9 Å². The van der Waals surface area contributed by atoms with Gasteiger partial charge in [-0.15, -0.1) is 0 Å². The molecule has 1 nitrogen and oxygen atoms in total. The average molecular weight is 198 g/mol. The first kappa shape index (κ1) is 10.8. The summed E-state index contributed by atoms with van der Waals surface area (Å²) >= 11 is 0. The van der Waals surface area contributed by atoms with Crippen molar-refractivity contribution in [1.29, 1.82) is 0 Å². The molecule has 0 spiro atoms. The highest BCUT2D eigenvalue weighted by Crippen LogP contribution is 2.30. The second-order valence-corrected chi connectivity index (χ2v) is 3.25. The molecule has 0 aliphatic rings. The van der Waals surface area contributed by atoms with Crippen LogP contribution in [0.4, 0.5) is 8.78 Å². The van der Waals surface area contributed by atoms with Crippen LogP contribution in [0, 0.1) is 0 Å². The first-order chi connectivity index (χ1) is 6.55. The number of alkyl halides is 2. The minimum absolute atomic E-state index is 0.0156. The predicted octanol–water partition coefficient (Wildman–Crippen LogP) is 2.93. The van der Waals surface area contributed by atoms with Crippen LogP contribution in [0.25, 0.3) is 0 Å². The minimum Gasteiger partial charge on any atom is -0.303 e. The summed E-state index contributed by atoms with van der Waals surface area (Å²) in [5, 5.41) is 0. The topological polar surface area (TPSA) is 17.1 Å². The van der Waals surface area contributed by atoms with E-state index in [1.165, 1.54) is 6.07 Å². The molecule has 0 amide bonds. The van der Waals surface area contributed by atoms with Crippen molar-refractivity contribution in [3.8, 4) is 0 Å². The van der Waals surface area contributed by atoms with E-state index in [9.17, 15) is 13.6 Å². The molecule has 1 rings (SSSR count). The fraction of sp³-hybridized carbons (Fsp3) is 0.364. The fourth-order valence-electron chi connectivity index (χ4n) is 1.38. The first-order valence-corrected chi connectivity index (χ1v) is 4.45. The molecule has 0 unspecified atom stereocenters. The lowest BCUT2D eigenvalue weighted by molar-refractivity contribution is -0.107. The van der Waals surface area contributed by atoms with Crippen molar-refractivity contribution < 1.29 is 13.6 Å². The van der Waals surface area contributed by atoms with Gasteiger partial charge in [-0.05, 0) is 12.0 Å². The van der Waals surface area contributed by atoms with Gasteiger partial charge in [0.2, 0.25) is 0 Å². The van der Waals surface area contributed by atoms with Crippen LogP contribution < -0.4 is 0 Å². The SMILES string of the molecule is CC(F)(F)c1ccccc1CCC=O. The molecule has 0 radical (unpaired) electrons. The Bertz CT molecular complexity index is 315. The van der Waals surface area contributed by atoms with Gasteiger partial charge in [0.05, 0.1) is 0 Å². The highest BCUT2D eigenvalue weighted by Gasteiger charge is 2.26. The number of halogens is 2. The Balaban J connectivity index is 2.97. The number of aryl methyl sites for hydroxylation is 1. The molecule has 0 heterocycles. The molecule has 14 heavy (non-hydrogen) atoms. The Morgan fingerprint density at radius 2 is 2.00 bits per heavy atom. The Morgan fingerprint density at radius 3 is 2.57 bits per heavy atom. The van der Waals surface area contributed by atoms with Crippen molar-refractivity contribution in [2.24, 2.45) is 0 Å². The predicted molar refractivity (Wildman–Crippen MR) is 50.4 cm³/mol. The first-order valence-electron chi connectivity index (χ1n) is 4.45. The van der Waals surface area contributed by atoms with Crippen LogP contribution in [-0.4, -0.2) is 6.29 Å². The van der Waals surface area contributed by atoms with Crippen molar-refractivity contribution in [2.45, 2.75) is 25.7 Å². The van der Waals surface area contributed by atoms with Crippen LogP contribution in [-0.2, 0) is 17.1 Å². The number of hydrogen-bond donors (Lipinski definition) is 0. The van der Waals surface area contributed by atoms with Crippen molar-refractivity contribution >= 4 is 6.29 Å². The summed E-state index contributed by atoms with van der Waals surface area (Å²) in [5.74, 6) is -2.83. The summed E-state index contributed by atoms with van der Waals surface area (Å²) in [4.78, 5) is 10.2. The fourth-order valence-corrected chi connectivity index (χ4v) is 1.38. The van der Waals surface area contributed by atoms with E-state index >= 15 is 0 Å². The molecular formula is C11H12F2O. The highest BCUT2D eigenvalue weighted by molar-refractivity contribution is 5.50. The lowest BCUT2D eigenvalue weighted by Gasteiger charge is -2.14. The van der Waals surface area contributed by atoms with Crippen LogP contribution in [0.3, 0.4) is 0 Å². The van der Waals surface area contributed by atoms with Crippen LogP contribution in [0.2, 0.25) is 0 Å². The van der Waals surface area contributed by atoms with Crippen LogP contribution >= 0.6 is 0 Å². The van der Waals surface area contributed by atoms with E-state index in [1.807, 2.05) is 0 Å². The molecule has 0 atom stereocenters. The third-order valence-corrected chi connectivity index (χ3v) is 2.02. The molecule has 0 bridgehead atoms. The van der Waals surface area contributed by atoms with Crippen LogP contribution in [0.5, 0.6) is 0 Å². The summed E-state index contributed by atoms with van der Waals surface area (Å²) in [5.41, 5.74) is 0.564. The number of aldehydes is 1. The normalized spacial score (nSPS) is 11.4. The third-order valence-electron chi connectivity index (χ3n) is 2.02. The maximum atomic E-state index is 13.1. The number of carbonyl (C=O) groups is 1. The summed E-state index contributed by atoms with van der Waals surface area (Å²) in [6, 6.07) is 6.32. The van der Waals surface area contributed by atoms with Crippen molar-refractivity contribution in [2.75, 3.05) is 0 Å². The van der Waals surface area contributed by atoms with Gasteiger partial charge in [-0.3, -0.25) is 0 Å². The van der Waals surface area contributed by atoms with Crippen molar-refractivity contribution in [3.63, 3.8) is 0 Å². The summed E-state index contributed by atoms with van der Waals surface area (Å²) < 4.78 is 26.1. The standard InChI is InChI=1S/C11H12F2O/c1-11(12,13)10-7-3-2-5-9(10)6-4-8-14/h2-3,5,7-8H,4,6H2,1H3. The largest absolute Gasteiger partial charge is 0.303 e.